The standard InChI is InChI=1S/C18H37/c1-5-7-8-9-10-11-12-13-14-15-17-18(3,4)16-6-2/h16H,5-15,17H2,1-4H3. The van der Waals surface area contributed by atoms with Gasteiger partial charge in [0.05, 0.1) is 0 Å². The summed E-state index contributed by atoms with van der Waals surface area (Å²) in [4.78, 5) is 0. The third-order valence-corrected chi connectivity index (χ3v) is 3.93. The Labute approximate surface area is 117 Å². The topological polar surface area (TPSA) is 0 Å². The average molecular weight is 253 g/mol. The summed E-state index contributed by atoms with van der Waals surface area (Å²) in [5.74, 6) is 0. The van der Waals surface area contributed by atoms with Crippen molar-refractivity contribution < 1.29 is 0 Å². The first-order valence-electron chi connectivity index (χ1n) is 8.46. The van der Waals surface area contributed by atoms with E-state index in [0.717, 1.165) is 0 Å². The summed E-state index contributed by atoms with van der Waals surface area (Å²) >= 11 is 0. The second-order valence-electron chi connectivity index (χ2n) is 6.53. The molecule has 0 heterocycles. The molecule has 0 N–H and O–H groups in total. The molecule has 0 aromatic heterocycles. The third-order valence-electron chi connectivity index (χ3n) is 3.93. The fourth-order valence-corrected chi connectivity index (χ4v) is 2.72. The van der Waals surface area contributed by atoms with Gasteiger partial charge >= 0.3 is 0 Å². The molecule has 109 valence electrons. The van der Waals surface area contributed by atoms with Crippen LogP contribution in [0.2, 0.25) is 0 Å². The van der Waals surface area contributed by atoms with Gasteiger partial charge in [-0.2, -0.15) is 0 Å². The van der Waals surface area contributed by atoms with E-state index >= 15 is 0 Å². The molecule has 0 rings (SSSR count). The second-order valence-corrected chi connectivity index (χ2v) is 6.53. The van der Waals surface area contributed by atoms with Crippen LogP contribution < -0.4 is 0 Å². The van der Waals surface area contributed by atoms with Crippen LogP contribution in [0.1, 0.15) is 105 Å². The van der Waals surface area contributed by atoms with Crippen molar-refractivity contribution in [2.45, 2.75) is 105 Å². The Morgan fingerprint density at radius 1 is 0.667 bits per heavy atom. The van der Waals surface area contributed by atoms with Gasteiger partial charge in [0, 0.05) is 0 Å². The maximum atomic E-state index is 2.47. The summed E-state index contributed by atoms with van der Waals surface area (Å²) in [5.41, 5.74) is 0.467. The van der Waals surface area contributed by atoms with Crippen LogP contribution in [-0.4, -0.2) is 0 Å². The summed E-state index contributed by atoms with van der Waals surface area (Å²) in [6.45, 7) is 9.30. The Morgan fingerprint density at radius 2 is 1.11 bits per heavy atom. The molecule has 0 nitrogen and oxygen atoms in total. The van der Waals surface area contributed by atoms with Gasteiger partial charge in [0.2, 0.25) is 0 Å². The van der Waals surface area contributed by atoms with Crippen LogP contribution in [-0.2, 0) is 0 Å². The first-order valence-corrected chi connectivity index (χ1v) is 8.46. The summed E-state index contributed by atoms with van der Waals surface area (Å²) in [7, 11) is 0. The van der Waals surface area contributed by atoms with Crippen LogP contribution in [0, 0.1) is 11.8 Å². The minimum atomic E-state index is 0.467. The van der Waals surface area contributed by atoms with E-state index in [1.54, 1.807) is 0 Å². The maximum Gasteiger partial charge on any atom is -0.0323 e. The molecule has 0 heteroatoms. The molecule has 0 atom stereocenters. The molecular formula is C18H37. The Balaban J connectivity index is 3.16. The largest absolute Gasteiger partial charge is 0.0654 e. The second kappa shape index (κ2) is 12.1. The molecule has 0 aliphatic heterocycles. The molecule has 0 aliphatic rings. The normalized spacial score (nSPS) is 12.0. The van der Waals surface area contributed by atoms with Gasteiger partial charge in [-0.25, -0.2) is 0 Å². The zero-order valence-corrected chi connectivity index (χ0v) is 13.6. The highest BCUT2D eigenvalue weighted by Gasteiger charge is 2.15. The van der Waals surface area contributed by atoms with E-state index in [1.807, 2.05) is 0 Å². The van der Waals surface area contributed by atoms with Crippen molar-refractivity contribution in [1.82, 2.24) is 0 Å². The van der Waals surface area contributed by atoms with Crippen molar-refractivity contribution in [3.05, 3.63) is 6.42 Å². The fraction of sp³-hybridized carbons (Fsp3) is 0.944. The van der Waals surface area contributed by atoms with E-state index in [0.29, 0.717) is 5.41 Å². The van der Waals surface area contributed by atoms with Crippen molar-refractivity contribution in [2.24, 2.45) is 5.41 Å². The number of rotatable bonds is 13. The highest BCUT2D eigenvalue weighted by Crippen LogP contribution is 2.28. The highest BCUT2D eigenvalue weighted by atomic mass is 14.2. The zero-order chi connectivity index (χ0) is 13.7. The molecule has 0 bridgehead atoms. The van der Waals surface area contributed by atoms with Crippen molar-refractivity contribution in [2.75, 3.05) is 0 Å². The van der Waals surface area contributed by atoms with Gasteiger partial charge in [0.15, 0.2) is 0 Å². The van der Waals surface area contributed by atoms with E-state index in [9.17, 15) is 0 Å². The van der Waals surface area contributed by atoms with Crippen LogP contribution >= 0.6 is 0 Å². The molecule has 0 saturated carbocycles. The molecular weight excluding hydrogens is 216 g/mol. The van der Waals surface area contributed by atoms with Gasteiger partial charge in [0.25, 0.3) is 0 Å². The summed E-state index contributed by atoms with van der Waals surface area (Å²) < 4.78 is 0. The van der Waals surface area contributed by atoms with E-state index < -0.39 is 0 Å². The highest BCUT2D eigenvalue weighted by molar-refractivity contribution is 4.83. The minimum absolute atomic E-state index is 0.467. The number of unbranched alkanes of at least 4 members (excludes halogenated alkanes) is 9. The lowest BCUT2D eigenvalue weighted by molar-refractivity contribution is 0.367. The van der Waals surface area contributed by atoms with Crippen LogP contribution in [0.3, 0.4) is 0 Å². The molecule has 0 unspecified atom stereocenters. The third kappa shape index (κ3) is 12.5. The van der Waals surface area contributed by atoms with Crippen molar-refractivity contribution in [3.8, 4) is 0 Å². The molecule has 0 aliphatic carbocycles. The monoisotopic (exact) mass is 253 g/mol. The van der Waals surface area contributed by atoms with Crippen molar-refractivity contribution in [1.29, 1.82) is 0 Å². The zero-order valence-electron chi connectivity index (χ0n) is 13.6. The van der Waals surface area contributed by atoms with Crippen LogP contribution in [0.4, 0.5) is 0 Å². The van der Waals surface area contributed by atoms with Gasteiger partial charge in [-0.15, -0.1) is 0 Å². The lowest BCUT2D eigenvalue weighted by Gasteiger charge is -2.23. The van der Waals surface area contributed by atoms with Crippen molar-refractivity contribution >= 4 is 0 Å². The summed E-state index contributed by atoms with van der Waals surface area (Å²) in [5, 5.41) is 0. The van der Waals surface area contributed by atoms with E-state index in [1.165, 1.54) is 77.0 Å². The lowest BCUT2D eigenvalue weighted by Crippen LogP contribution is -2.11. The van der Waals surface area contributed by atoms with Gasteiger partial charge in [-0.3, -0.25) is 0 Å². The molecule has 1 radical (unpaired) electrons. The first kappa shape index (κ1) is 18.0. The maximum absolute atomic E-state index is 2.47. The summed E-state index contributed by atoms with van der Waals surface area (Å²) in [6.07, 6.45) is 19.5. The predicted molar refractivity (Wildman–Crippen MR) is 84.8 cm³/mol. The van der Waals surface area contributed by atoms with E-state index in [-0.39, 0.29) is 0 Å². The Morgan fingerprint density at radius 3 is 1.56 bits per heavy atom. The number of hydrogen-bond acceptors (Lipinski definition) is 0. The number of hydrogen-bond donors (Lipinski definition) is 0. The molecule has 0 aromatic carbocycles. The van der Waals surface area contributed by atoms with Gasteiger partial charge < -0.3 is 0 Å². The van der Waals surface area contributed by atoms with Crippen LogP contribution in [0.5, 0.6) is 0 Å². The quantitative estimate of drug-likeness (QED) is 0.312. The molecule has 0 saturated heterocycles. The van der Waals surface area contributed by atoms with Gasteiger partial charge in [-0.1, -0.05) is 98.3 Å². The molecule has 0 amide bonds. The van der Waals surface area contributed by atoms with Gasteiger partial charge in [-0.05, 0) is 18.3 Å². The summed E-state index contributed by atoms with van der Waals surface area (Å²) in [6, 6.07) is 0. The Kier molecular flexibility index (Phi) is 12.1. The Hall–Kier alpha value is 0. The van der Waals surface area contributed by atoms with E-state index in [4.69, 9.17) is 0 Å². The van der Waals surface area contributed by atoms with Crippen LogP contribution in [0.15, 0.2) is 0 Å². The van der Waals surface area contributed by atoms with Crippen LogP contribution in [0.25, 0.3) is 0 Å². The predicted octanol–water partition coefficient (Wildman–Crippen LogP) is 6.94. The van der Waals surface area contributed by atoms with E-state index in [2.05, 4.69) is 34.1 Å². The first-order chi connectivity index (χ1) is 8.62. The lowest BCUT2D eigenvalue weighted by atomic mass is 9.83. The van der Waals surface area contributed by atoms with Crippen molar-refractivity contribution in [3.63, 3.8) is 0 Å². The minimum Gasteiger partial charge on any atom is -0.0654 e. The molecule has 0 spiro atoms. The SMILES string of the molecule is CC[CH]C(C)(C)CCCCCCCCCCCC. The molecule has 0 fully saturated rings. The van der Waals surface area contributed by atoms with Gasteiger partial charge in [0.1, 0.15) is 0 Å². The average Bonchev–Trinajstić information content (AvgIpc) is 2.31. The fourth-order valence-electron chi connectivity index (χ4n) is 2.72. The molecule has 18 heavy (non-hydrogen) atoms. The molecule has 0 aromatic rings. The Bertz CT molecular complexity index is 157. The smallest absolute Gasteiger partial charge is 0.0323 e.